The van der Waals surface area contributed by atoms with Gasteiger partial charge < -0.3 is 0 Å². The normalized spacial score (nSPS) is 20.8. The second-order valence-corrected chi connectivity index (χ2v) is 8.00. The van der Waals surface area contributed by atoms with E-state index in [2.05, 4.69) is 0 Å². The molecule has 0 saturated heterocycles. The Balaban J connectivity index is 2.06. The summed E-state index contributed by atoms with van der Waals surface area (Å²) in [4.78, 5) is 1.96. The van der Waals surface area contributed by atoms with Gasteiger partial charge in [0.05, 0.1) is 0 Å². The summed E-state index contributed by atoms with van der Waals surface area (Å²) in [6.07, 6.45) is 3.61. The Labute approximate surface area is 134 Å². The van der Waals surface area contributed by atoms with Crippen LogP contribution in [0.15, 0.2) is 48.5 Å². The van der Waals surface area contributed by atoms with Crippen LogP contribution in [0.2, 0.25) is 0 Å². The summed E-state index contributed by atoms with van der Waals surface area (Å²) in [5, 5.41) is 0.779. The van der Waals surface area contributed by atoms with Gasteiger partial charge in [0, 0.05) is 46.0 Å². The molecule has 2 aromatic carbocycles. The smallest absolute Gasteiger partial charge is 0.187 e. The van der Waals surface area contributed by atoms with Crippen molar-refractivity contribution in [2.45, 2.75) is 19.0 Å². The molecule has 0 N–H and O–H groups in total. The number of fused-ring (bicyclic) bond motifs is 3. The van der Waals surface area contributed by atoms with E-state index in [4.69, 9.17) is 0 Å². The molecule has 2 atom stereocenters. The van der Waals surface area contributed by atoms with Crippen LogP contribution in [-0.4, -0.2) is 5.67 Å². The molecular formula is C19H14F3S+. The maximum atomic E-state index is 14.4. The maximum Gasteiger partial charge on any atom is 0.187 e. The first-order valence-electron chi connectivity index (χ1n) is 7.36. The minimum atomic E-state index is -1.43. The maximum absolute atomic E-state index is 14.4. The number of halogens is 3. The third-order valence-corrected chi connectivity index (χ3v) is 6.52. The van der Waals surface area contributed by atoms with Crippen LogP contribution in [0.25, 0.3) is 21.1 Å². The Morgan fingerprint density at radius 3 is 2.43 bits per heavy atom. The summed E-state index contributed by atoms with van der Waals surface area (Å²) in [5.41, 5.74) is -0.565. The van der Waals surface area contributed by atoms with Crippen LogP contribution in [0.3, 0.4) is 0 Å². The molecule has 1 heterocycles. The molecule has 0 bridgehead atoms. The summed E-state index contributed by atoms with van der Waals surface area (Å²) >= 11 is 0. The van der Waals surface area contributed by atoms with Crippen molar-refractivity contribution in [1.29, 1.82) is 0 Å². The molecule has 1 aliphatic carbocycles. The third kappa shape index (κ3) is 2.38. The first-order valence-corrected chi connectivity index (χ1v) is 8.58. The fraction of sp³-hybridized carbons (Fsp3) is 0.158. The van der Waals surface area contributed by atoms with Crippen LogP contribution in [0.1, 0.15) is 17.4 Å². The molecule has 0 spiro atoms. The van der Waals surface area contributed by atoms with Crippen molar-refractivity contribution in [3.63, 3.8) is 0 Å². The Bertz CT molecular complexity index is 933. The second kappa shape index (κ2) is 4.96. The molecule has 1 aromatic heterocycles. The summed E-state index contributed by atoms with van der Waals surface area (Å²) in [6.45, 7) is 1.53. The van der Waals surface area contributed by atoms with Crippen LogP contribution in [0.5, 0.6) is 0 Å². The molecule has 2 unspecified atom stereocenters. The Morgan fingerprint density at radius 2 is 1.70 bits per heavy atom. The highest BCUT2D eigenvalue weighted by Crippen LogP contribution is 2.50. The van der Waals surface area contributed by atoms with Gasteiger partial charge in [-0.05, 0) is 43.3 Å². The lowest BCUT2D eigenvalue weighted by atomic mass is 9.91. The van der Waals surface area contributed by atoms with Crippen LogP contribution in [-0.2, 0) is 6.42 Å². The van der Waals surface area contributed by atoms with Gasteiger partial charge in [0.2, 0.25) is 0 Å². The Kier molecular flexibility index (Phi) is 3.13. The van der Waals surface area contributed by atoms with Gasteiger partial charge in [0.15, 0.2) is 14.5 Å². The van der Waals surface area contributed by atoms with E-state index in [9.17, 15) is 13.2 Å². The van der Waals surface area contributed by atoms with Crippen LogP contribution in [0, 0.1) is 11.6 Å². The summed E-state index contributed by atoms with van der Waals surface area (Å²) < 4.78 is 42.4. The van der Waals surface area contributed by atoms with Crippen molar-refractivity contribution in [1.82, 2.24) is 0 Å². The molecule has 0 nitrogen and oxygen atoms in total. The fourth-order valence-corrected chi connectivity index (χ4v) is 5.51. The third-order valence-electron chi connectivity index (χ3n) is 4.16. The highest BCUT2D eigenvalue weighted by molar-refractivity contribution is 7.45. The summed E-state index contributed by atoms with van der Waals surface area (Å²) in [5.74, 6) is -0.615. The van der Waals surface area contributed by atoms with Gasteiger partial charge in [-0.2, -0.15) is 0 Å². The molecule has 0 amide bonds. The molecular weight excluding hydrogens is 317 g/mol. The summed E-state index contributed by atoms with van der Waals surface area (Å²) in [7, 11) is -0.439. The lowest BCUT2D eigenvalue weighted by Gasteiger charge is -2.18. The molecule has 1 aliphatic rings. The zero-order chi connectivity index (χ0) is 16.2. The van der Waals surface area contributed by atoms with Crippen molar-refractivity contribution in [2.75, 3.05) is 0 Å². The standard InChI is InChI=1S/C19H14F3S/c1-19(22)9-8-18-16(11-19)15-10-13(21)4-7-17(15)23(18)14-5-2-12(20)3-6-14/h2-10H,11H2,1H3/q+1. The Morgan fingerprint density at radius 1 is 1.00 bits per heavy atom. The van der Waals surface area contributed by atoms with E-state index in [1.165, 1.54) is 31.2 Å². The lowest BCUT2D eigenvalue weighted by Crippen LogP contribution is -2.20. The first-order chi connectivity index (χ1) is 10.9. The molecule has 0 aliphatic heterocycles. The molecule has 116 valence electrons. The minimum Gasteiger partial charge on any atom is -0.239 e. The number of thiophene rings is 1. The molecule has 3 aromatic rings. The van der Waals surface area contributed by atoms with E-state index in [-0.39, 0.29) is 18.1 Å². The van der Waals surface area contributed by atoms with Crippen LogP contribution >= 0.6 is 10.5 Å². The van der Waals surface area contributed by atoms with Gasteiger partial charge >= 0.3 is 0 Å². The van der Waals surface area contributed by atoms with E-state index >= 15 is 0 Å². The number of benzene rings is 2. The van der Waals surface area contributed by atoms with Gasteiger partial charge in [0.1, 0.15) is 17.3 Å². The zero-order valence-electron chi connectivity index (χ0n) is 12.4. The monoisotopic (exact) mass is 331 g/mol. The molecule has 4 rings (SSSR count). The van der Waals surface area contributed by atoms with Gasteiger partial charge in [-0.25, -0.2) is 13.2 Å². The molecule has 0 saturated carbocycles. The van der Waals surface area contributed by atoms with Crippen molar-refractivity contribution in [3.05, 3.63) is 70.6 Å². The van der Waals surface area contributed by atoms with Crippen LogP contribution in [0.4, 0.5) is 13.2 Å². The number of rotatable bonds is 1. The predicted octanol–water partition coefficient (Wildman–Crippen LogP) is 6.15. The van der Waals surface area contributed by atoms with E-state index < -0.39 is 16.1 Å². The SMILES string of the molecule is CC1(F)C=Cc2c(c3cc(F)ccc3[s+]2-c2ccc(F)cc2)C1. The van der Waals surface area contributed by atoms with Gasteiger partial charge in [-0.3, -0.25) is 0 Å². The van der Waals surface area contributed by atoms with Crippen molar-refractivity contribution in [2.24, 2.45) is 0 Å². The van der Waals surface area contributed by atoms with E-state index in [0.29, 0.717) is 0 Å². The fourth-order valence-electron chi connectivity index (χ4n) is 3.12. The summed E-state index contributed by atoms with van der Waals surface area (Å²) in [6, 6.07) is 11.0. The highest BCUT2D eigenvalue weighted by Gasteiger charge is 2.35. The molecule has 0 radical (unpaired) electrons. The average molecular weight is 331 g/mol. The van der Waals surface area contributed by atoms with Gasteiger partial charge in [-0.15, -0.1) is 0 Å². The van der Waals surface area contributed by atoms with Gasteiger partial charge in [-0.1, -0.05) is 0 Å². The number of hydrogen-bond donors (Lipinski definition) is 0. The topological polar surface area (TPSA) is 0 Å². The Hall–Kier alpha value is -2.07. The number of hydrogen-bond acceptors (Lipinski definition) is 0. The molecule has 4 heteroatoms. The highest BCUT2D eigenvalue weighted by atomic mass is 32.2. The van der Waals surface area contributed by atoms with Crippen LogP contribution < -0.4 is 0 Å². The number of alkyl halides is 1. The largest absolute Gasteiger partial charge is 0.239 e. The predicted molar refractivity (Wildman–Crippen MR) is 89.9 cm³/mol. The molecule has 0 fully saturated rings. The van der Waals surface area contributed by atoms with E-state index in [0.717, 1.165) is 25.4 Å². The minimum absolute atomic E-state index is 0.236. The van der Waals surface area contributed by atoms with Crippen molar-refractivity contribution in [3.8, 4) is 4.90 Å². The van der Waals surface area contributed by atoms with E-state index in [1.807, 2.05) is 6.08 Å². The second-order valence-electron chi connectivity index (χ2n) is 6.03. The van der Waals surface area contributed by atoms with Crippen molar-refractivity contribution < 1.29 is 13.2 Å². The number of allylic oxidation sites excluding steroid dienone is 1. The zero-order valence-corrected chi connectivity index (χ0v) is 13.3. The average Bonchev–Trinajstić information content (AvgIpc) is 2.80. The van der Waals surface area contributed by atoms with Crippen molar-refractivity contribution >= 4 is 26.6 Å². The van der Waals surface area contributed by atoms with Gasteiger partial charge in [0.25, 0.3) is 0 Å². The lowest BCUT2D eigenvalue weighted by molar-refractivity contribution is 0.257. The molecule has 23 heavy (non-hydrogen) atoms. The quantitative estimate of drug-likeness (QED) is 0.469. The first kappa shape index (κ1) is 14.5. The van der Waals surface area contributed by atoms with E-state index in [1.54, 1.807) is 24.3 Å².